The molecule has 2 aromatic rings. The molecule has 0 saturated carbocycles. The lowest BCUT2D eigenvalue weighted by Crippen LogP contribution is -2.34. The molecule has 0 saturated heterocycles. The first-order valence-corrected chi connectivity index (χ1v) is 9.03. The highest BCUT2D eigenvalue weighted by molar-refractivity contribution is 7.80. The highest BCUT2D eigenvalue weighted by Crippen LogP contribution is 2.14. The molecule has 0 aliphatic carbocycles. The average molecular weight is 371 g/mol. The molecule has 0 unspecified atom stereocenters. The topological polar surface area (TPSA) is 65.2 Å². The van der Waals surface area contributed by atoms with E-state index < -0.39 is 0 Å². The van der Waals surface area contributed by atoms with E-state index >= 15 is 0 Å². The molecule has 0 fully saturated rings. The number of amides is 2. The summed E-state index contributed by atoms with van der Waals surface area (Å²) in [5, 5.41) is 12.5. The van der Waals surface area contributed by atoms with Crippen molar-refractivity contribution < 1.29 is 4.79 Å². The van der Waals surface area contributed by atoms with E-state index in [1.807, 2.05) is 44.2 Å². The zero-order chi connectivity index (χ0) is 19.1. The predicted molar refractivity (Wildman–Crippen MR) is 113 cm³/mol. The summed E-state index contributed by atoms with van der Waals surface area (Å²) in [4.78, 5) is 11.7. The van der Waals surface area contributed by atoms with Crippen LogP contribution in [0.25, 0.3) is 0 Å². The SMILES string of the molecule is Cc1ccc(NC(=S)NCc2ccc(NC(=O)NC(C)C)cc2)cc1C. The fourth-order valence-electron chi connectivity index (χ4n) is 2.31. The zero-order valence-corrected chi connectivity index (χ0v) is 16.5. The number of nitrogens with one attached hydrogen (secondary N) is 4. The van der Waals surface area contributed by atoms with Gasteiger partial charge in [0.25, 0.3) is 0 Å². The molecule has 0 spiro atoms. The number of carbonyl (C=O) groups excluding carboxylic acids is 1. The molecule has 0 aliphatic rings. The predicted octanol–water partition coefficient (Wildman–Crippen LogP) is 4.32. The zero-order valence-electron chi connectivity index (χ0n) is 15.6. The van der Waals surface area contributed by atoms with Crippen LogP contribution in [0.1, 0.15) is 30.5 Å². The van der Waals surface area contributed by atoms with Crippen molar-refractivity contribution in [3.05, 3.63) is 59.2 Å². The Bertz CT molecular complexity index is 772. The Balaban J connectivity index is 1.82. The smallest absolute Gasteiger partial charge is 0.319 e. The summed E-state index contributed by atoms with van der Waals surface area (Å²) in [6, 6.07) is 13.7. The molecule has 5 nitrogen and oxygen atoms in total. The number of rotatable bonds is 5. The summed E-state index contributed by atoms with van der Waals surface area (Å²) >= 11 is 5.35. The van der Waals surface area contributed by atoms with Gasteiger partial charge in [0, 0.05) is 24.0 Å². The Morgan fingerprint density at radius 1 is 0.962 bits per heavy atom. The molecule has 138 valence electrons. The number of hydrogen-bond acceptors (Lipinski definition) is 2. The Kier molecular flexibility index (Phi) is 6.97. The fourth-order valence-corrected chi connectivity index (χ4v) is 2.50. The first-order valence-electron chi connectivity index (χ1n) is 8.62. The molecule has 0 aliphatic heterocycles. The monoisotopic (exact) mass is 370 g/mol. The van der Waals surface area contributed by atoms with Crippen LogP contribution in [0.3, 0.4) is 0 Å². The molecule has 0 bridgehead atoms. The largest absolute Gasteiger partial charge is 0.358 e. The average Bonchev–Trinajstić information content (AvgIpc) is 2.57. The van der Waals surface area contributed by atoms with Crippen molar-refractivity contribution in [2.75, 3.05) is 10.6 Å². The number of anilines is 2. The van der Waals surface area contributed by atoms with Crippen LogP contribution >= 0.6 is 12.2 Å². The fraction of sp³-hybridized carbons (Fsp3) is 0.300. The highest BCUT2D eigenvalue weighted by Gasteiger charge is 2.04. The van der Waals surface area contributed by atoms with Crippen LogP contribution in [0.4, 0.5) is 16.2 Å². The van der Waals surface area contributed by atoms with Crippen molar-refractivity contribution in [2.45, 2.75) is 40.3 Å². The Hall–Kier alpha value is -2.60. The molecule has 2 amide bonds. The first kappa shape index (κ1) is 19.7. The second-order valence-corrected chi connectivity index (χ2v) is 6.97. The molecule has 4 N–H and O–H groups in total. The molecule has 0 atom stereocenters. The summed E-state index contributed by atoms with van der Waals surface area (Å²) in [5.74, 6) is 0. The number of carbonyl (C=O) groups is 1. The summed E-state index contributed by atoms with van der Waals surface area (Å²) in [6.45, 7) is 8.61. The van der Waals surface area contributed by atoms with Gasteiger partial charge in [0.15, 0.2) is 5.11 Å². The third-order valence-electron chi connectivity index (χ3n) is 3.85. The number of thiocarbonyl (C=S) groups is 1. The minimum atomic E-state index is -0.204. The van der Waals surface area contributed by atoms with E-state index in [1.165, 1.54) is 11.1 Å². The molecular weight excluding hydrogens is 344 g/mol. The van der Waals surface area contributed by atoms with Gasteiger partial charge in [-0.1, -0.05) is 18.2 Å². The minimum absolute atomic E-state index is 0.101. The number of hydrogen-bond donors (Lipinski definition) is 4. The lowest BCUT2D eigenvalue weighted by Gasteiger charge is -2.13. The molecular formula is C20H26N4OS. The Morgan fingerprint density at radius 2 is 1.62 bits per heavy atom. The summed E-state index contributed by atoms with van der Waals surface area (Å²) in [7, 11) is 0. The lowest BCUT2D eigenvalue weighted by molar-refractivity contribution is 0.250. The van der Waals surface area contributed by atoms with Crippen LogP contribution in [-0.2, 0) is 6.54 Å². The Labute approximate surface area is 160 Å². The van der Waals surface area contributed by atoms with Crippen LogP contribution in [-0.4, -0.2) is 17.2 Å². The van der Waals surface area contributed by atoms with Crippen LogP contribution in [0.15, 0.2) is 42.5 Å². The maximum Gasteiger partial charge on any atom is 0.319 e. The molecule has 0 radical (unpaired) electrons. The molecule has 0 heterocycles. The standard InChI is InChI=1S/C20H26N4OS/c1-13(2)22-19(25)23-17-9-6-16(7-10-17)12-21-20(26)24-18-8-5-14(3)15(4)11-18/h5-11,13H,12H2,1-4H3,(H2,21,24,26)(H2,22,23,25). The summed E-state index contributed by atoms with van der Waals surface area (Å²) < 4.78 is 0. The van der Waals surface area contributed by atoms with Gasteiger partial charge in [-0.05, 0) is 80.9 Å². The van der Waals surface area contributed by atoms with Crippen molar-refractivity contribution >= 4 is 34.7 Å². The van der Waals surface area contributed by atoms with Gasteiger partial charge in [-0.15, -0.1) is 0 Å². The van der Waals surface area contributed by atoms with Crippen LogP contribution in [0, 0.1) is 13.8 Å². The highest BCUT2D eigenvalue weighted by atomic mass is 32.1. The van der Waals surface area contributed by atoms with E-state index in [0.29, 0.717) is 11.7 Å². The maximum atomic E-state index is 11.7. The molecule has 0 aromatic heterocycles. The van der Waals surface area contributed by atoms with Gasteiger partial charge in [0.2, 0.25) is 0 Å². The summed E-state index contributed by atoms with van der Waals surface area (Å²) in [6.07, 6.45) is 0. The van der Waals surface area contributed by atoms with E-state index in [0.717, 1.165) is 16.9 Å². The van der Waals surface area contributed by atoms with Gasteiger partial charge in [-0.2, -0.15) is 0 Å². The van der Waals surface area contributed by atoms with Gasteiger partial charge in [0.1, 0.15) is 0 Å². The summed E-state index contributed by atoms with van der Waals surface area (Å²) in [5.41, 5.74) is 5.28. The van der Waals surface area contributed by atoms with Crippen molar-refractivity contribution in [1.82, 2.24) is 10.6 Å². The molecule has 2 aromatic carbocycles. The van der Waals surface area contributed by atoms with Gasteiger partial charge in [0.05, 0.1) is 0 Å². The van der Waals surface area contributed by atoms with E-state index in [-0.39, 0.29) is 12.1 Å². The van der Waals surface area contributed by atoms with Crippen molar-refractivity contribution in [3.8, 4) is 0 Å². The normalized spacial score (nSPS) is 10.3. The number of aryl methyl sites for hydroxylation is 2. The third-order valence-corrected chi connectivity index (χ3v) is 4.10. The number of benzene rings is 2. The van der Waals surface area contributed by atoms with Crippen molar-refractivity contribution in [2.24, 2.45) is 0 Å². The quantitative estimate of drug-likeness (QED) is 0.592. The van der Waals surface area contributed by atoms with Crippen LogP contribution in [0.5, 0.6) is 0 Å². The van der Waals surface area contributed by atoms with Gasteiger partial charge >= 0.3 is 6.03 Å². The molecule has 2 rings (SSSR count). The second-order valence-electron chi connectivity index (χ2n) is 6.56. The van der Waals surface area contributed by atoms with Crippen molar-refractivity contribution in [1.29, 1.82) is 0 Å². The number of urea groups is 1. The lowest BCUT2D eigenvalue weighted by atomic mass is 10.1. The van der Waals surface area contributed by atoms with E-state index in [1.54, 1.807) is 0 Å². The van der Waals surface area contributed by atoms with E-state index in [2.05, 4.69) is 47.2 Å². The molecule has 26 heavy (non-hydrogen) atoms. The Morgan fingerprint density at radius 3 is 2.23 bits per heavy atom. The van der Waals surface area contributed by atoms with Gasteiger partial charge in [-0.3, -0.25) is 0 Å². The second kappa shape index (κ2) is 9.20. The maximum absolute atomic E-state index is 11.7. The van der Waals surface area contributed by atoms with Crippen molar-refractivity contribution in [3.63, 3.8) is 0 Å². The van der Waals surface area contributed by atoms with Crippen LogP contribution in [0.2, 0.25) is 0 Å². The minimum Gasteiger partial charge on any atom is -0.358 e. The van der Waals surface area contributed by atoms with E-state index in [4.69, 9.17) is 12.2 Å². The molecule has 6 heteroatoms. The van der Waals surface area contributed by atoms with Crippen LogP contribution < -0.4 is 21.3 Å². The third kappa shape index (κ3) is 6.37. The first-order chi connectivity index (χ1) is 12.3. The van der Waals surface area contributed by atoms with E-state index in [9.17, 15) is 4.79 Å². The van der Waals surface area contributed by atoms with Gasteiger partial charge < -0.3 is 21.3 Å². The van der Waals surface area contributed by atoms with Gasteiger partial charge in [-0.25, -0.2) is 4.79 Å².